The molecule has 1 aromatic rings. The summed E-state index contributed by atoms with van der Waals surface area (Å²) >= 11 is 0. The van der Waals surface area contributed by atoms with E-state index in [1.807, 2.05) is 6.92 Å². The maximum Gasteiger partial charge on any atom is 0.410 e. The average molecular weight is 178 g/mol. The number of pyridine rings is 1. The maximum atomic E-state index is 10.2. The summed E-state index contributed by atoms with van der Waals surface area (Å²) in [5.74, 6) is 0.317. The summed E-state index contributed by atoms with van der Waals surface area (Å²) in [6, 6.07) is 3.36. The number of aromatic nitrogens is 1. The third kappa shape index (κ3) is 2.59. The molecule has 13 heavy (non-hydrogen) atoms. The van der Waals surface area contributed by atoms with Crippen LogP contribution in [0.5, 0.6) is 0 Å². The van der Waals surface area contributed by atoms with Crippen LogP contribution in [0.3, 0.4) is 0 Å². The predicted molar refractivity (Wildman–Crippen MR) is 50.6 cm³/mol. The molecule has 0 fully saturated rings. The minimum atomic E-state index is -1.12. The van der Waals surface area contributed by atoms with Crippen LogP contribution in [0.15, 0.2) is 24.9 Å². The number of amides is 1. The quantitative estimate of drug-likeness (QED) is 0.729. The highest BCUT2D eigenvalue weighted by Crippen LogP contribution is 2.11. The second-order valence-corrected chi connectivity index (χ2v) is 2.64. The van der Waals surface area contributed by atoms with Gasteiger partial charge in [-0.15, -0.1) is 0 Å². The summed E-state index contributed by atoms with van der Waals surface area (Å²) in [5, 5.41) is 10.5. The lowest BCUT2D eigenvalue weighted by Gasteiger charge is -2.01. The summed E-state index contributed by atoms with van der Waals surface area (Å²) in [6.07, 6.45) is 0.462. The molecule has 0 unspecified atom stereocenters. The van der Waals surface area contributed by atoms with Crippen molar-refractivity contribution in [2.45, 2.75) is 6.92 Å². The Bertz CT molecular complexity index is 330. The molecule has 0 spiro atoms. The smallest absolute Gasteiger partial charge is 0.410 e. The van der Waals surface area contributed by atoms with E-state index in [-0.39, 0.29) is 0 Å². The van der Waals surface area contributed by atoms with Crippen molar-refractivity contribution in [1.29, 1.82) is 0 Å². The first-order valence-corrected chi connectivity index (χ1v) is 3.71. The van der Waals surface area contributed by atoms with Crippen LogP contribution in [0, 0.1) is 0 Å². The van der Waals surface area contributed by atoms with Crippen LogP contribution in [-0.4, -0.2) is 16.2 Å². The molecule has 1 amide bonds. The number of rotatable bonds is 2. The molecule has 68 valence electrons. The van der Waals surface area contributed by atoms with Crippen LogP contribution in [-0.2, 0) is 0 Å². The van der Waals surface area contributed by atoms with Gasteiger partial charge in [0.05, 0.1) is 0 Å². The largest absolute Gasteiger partial charge is 0.465 e. The molecule has 4 heteroatoms. The number of hydrogen-bond donors (Lipinski definition) is 2. The van der Waals surface area contributed by atoms with Gasteiger partial charge in [0, 0.05) is 6.20 Å². The topological polar surface area (TPSA) is 62.2 Å². The minimum absolute atomic E-state index is 0.317. The van der Waals surface area contributed by atoms with Crippen molar-refractivity contribution in [1.82, 2.24) is 4.98 Å². The number of hydrogen-bond acceptors (Lipinski definition) is 2. The molecule has 0 aliphatic carbocycles. The molecule has 1 rings (SSSR count). The summed E-state index contributed by atoms with van der Waals surface area (Å²) in [4.78, 5) is 14.1. The van der Waals surface area contributed by atoms with E-state index in [1.165, 1.54) is 0 Å². The van der Waals surface area contributed by atoms with Gasteiger partial charge in [0.15, 0.2) is 0 Å². The molecule has 0 atom stereocenters. The van der Waals surface area contributed by atoms with E-state index < -0.39 is 6.09 Å². The van der Waals surface area contributed by atoms with Crippen molar-refractivity contribution in [2.75, 3.05) is 5.32 Å². The fourth-order valence-corrected chi connectivity index (χ4v) is 0.830. The first-order valence-electron chi connectivity index (χ1n) is 3.71. The van der Waals surface area contributed by atoms with Crippen LogP contribution in [0.4, 0.5) is 10.6 Å². The number of allylic oxidation sites excluding steroid dienone is 1. The number of carbonyl (C=O) groups is 1. The van der Waals surface area contributed by atoms with Gasteiger partial charge < -0.3 is 5.11 Å². The van der Waals surface area contributed by atoms with Crippen LogP contribution < -0.4 is 5.32 Å². The Kier molecular flexibility index (Phi) is 2.64. The van der Waals surface area contributed by atoms with Crippen molar-refractivity contribution in [3.8, 4) is 0 Å². The Morgan fingerprint density at radius 2 is 2.31 bits per heavy atom. The Morgan fingerprint density at radius 3 is 2.69 bits per heavy atom. The second-order valence-electron chi connectivity index (χ2n) is 2.64. The third-order valence-corrected chi connectivity index (χ3v) is 1.49. The van der Waals surface area contributed by atoms with Gasteiger partial charge in [-0.1, -0.05) is 6.58 Å². The van der Waals surface area contributed by atoms with Gasteiger partial charge in [0.2, 0.25) is 0 Å². The molecule has 1 aromatic heterocycles. The van der Waals surface area contributed by atoms with E-state index in [0.29, 0.717) is 5.82 Å². The zero-order valence-electron chi connectivity index (χ0n) is 7.24. The van der Waals surface area contributed by atoms with Gasteiger partial charge in [0.25, 0.3) is 0 Å². The highest BCUT2D eigenvalue weighted by atomic mass is 16.4. The normalized spacial score (nSPS) is 9.31. The van der Waals surface area contributed by atoms with Gasteiger partial charge in [-0.3, -0.25) is 5.32 Å². The molecule has 1 heterocycles. The van der Waals surface area contributed by atoms with Crippen LogP contribution in [0.25, 0.3) is 5.57 Å². The predicted octanol–water partition coefficient (Wildman–Crippen LogP) is 2.20. The lowest BCUT2D eigenvalue weighted by atomic mass is 10.1. The fraction of sp³-hybridized carbons (Fsp3) is 0.111. The van der Waals surface area contributed by atoms with Crippen LogP contribution in [0.2, 0.25) is 0 Å². The van der Waals surface area contributed by atoms with Gasteiger partial charge in [-0.2, -0.15) is 0 Å². The van der Waals surface area contributed by atoms with E-state index in [0.717, 1.165) is 11.1 Å². The highest BCUT2D eigenvalue weighted by molar-refractivity contribution is 5.81. The summed E-state index contributed by atoms with van der Waals surface area (Å²) in [5.41, 5.74) is 1.80. The number of nitrogens with one attached hydrogen (secondary N) is 1. The van der Waals surface area contributed by atoms with E-state index in [1.54, 1.807) is 18.3 Å². The average Bonchev–Trinajstić information content (AvgIpc) is 2.04. The molecule has 0 aliphatic rings. The van der Waals surface area contributed by atoms with Crippen LogP contribution in [0.1, 0.15) is 12.5 Å². The molecule has 4 nitrogen and oxygen atoms in total. The maximum absolute atomic E-state index is 10.2. The van der Waals surface area contributed by atoms with E-state index in [2.05, 4.69) is 16.9 Å². The van der Waals surface area contributed by atoms with Crippen LogP contribution >= 0.6 is 0 Å². The zero-order valence-corrected chi connectivity index (χ0v) is 7.24. The lowest BCUT2D eigenvalue weighted by molar-refractivity contribution is 0.209. The third-order valence-electron chi connectivity index (χ3n) is 1.49. The molecule has 0 radical (unpaired) electrons. The van der Waals surface area contributed by atoms with Crippen molar-refractivity contribution >= 4 is 17.5 Å². The molecular formula is C9H10N2O2. The van der Waals surface area contributed by atoms with Crippen molar-refractivity contribution in [2.24, 2.45) is 0 Å². The van der Waals surface area contributed by atoms with Gasteiger partial charge >= 0.3 is 6.09 Å². The zero-order chi connectivity index (χ0) is 9.84. The van der Waals surface area contributed by atoms with Gasteiger partial charge in [0.1, 0.15) is 5.82 Å². The molecule has 2 N–H and O–H groups in total. The van der Waals surface area contributed by atoms with Crippen molar-refractivity contribution in [3.05, 3.63) is 30.5 Å². The summed E-state index contributed by atoms with van der Waals surface area (Å²) in [7, 11) is 0. The Balaban J connectivity index is 2.81. The Morgan fingerprint density at radius 1 is 1.62 bits per heavy atom. The van der Waals surface area contributed by atoms with Gasteiger partial charge in [-0.25, -0.2) is 9.78 Å². The summed E-state index contributed by atoms with van der Waals surface area (Å²) in [6.45, 7) is 5.60. The standard InChI is InChI=1S/C9H10N2O2/c1-6(2)7-3-4-8(10-5-7)11-9(12)13/h3-5H,1H2,2H3,(H,10,11)(H,12,13). The molecule has 0 saturated heterocycles. The molecule has 0 bridgehead atoms. The number of anilines is 1. The van der Waals surface area contributed by atoms with Crippen molar-refractivity contribution < 1.29 is 9.90 Å². The van der Waals surface area contributed by atoms with E-state index in [4.69, 9.17) is 5.11 Å². The Labute approximate surface area is 75.9 Å². The molecule has 0 saturated carbocycles. The highest BCUT2D eigenvalue weighted by Gasteiger charge is 1.99. The van der Waals surface area contributed by atoms with E-state index >= 15 is 0 Å². The number of carboxylic acid groups (broad SMARTS) is 1. The monoisotopic (exact) mass is 178 g/mol. The SMILES string of the molecule is C=C(C)c1ccc(NC(=O)O)nc1. The molecular weight excluding hydrogens is 168 g/mol. The first-order chi connectivity index (χ1) is 6.09. The fourth-order valence-electron chi connectivity index (χ4n) is 0.830. The second kappa shape index (κ2) is 3.71. The van der Waals surface area contributed by atoms with Gasteiger partial charge in [-0.05, 0) is 30.2 Å². The minimum Gasteiger partial charge on any atom is -0.465 e. The van der Waals surface area contributed by atoms with E-state index in [9.17, 15) is 4.79 Å². The molecule has 0 aromatic carbocycles. The Hall–Kier alpha value is -1.84. The lowest BCUT2D eigenvalue weighted by Crippen LogP contribution is -2.08. The summed E-state index contributed by atoms with van der Waals surface area (Å²) < 4.78 is 0. The van der Waals surface area contributed by atoms with Crippen molar-refractivity contribution in [3.63, 3.8) is 0 Å². The molecule has 0 aliphatic heterocycles. The first kappa shape index (κ1) is 9.25. The number of nitrogens with zero attached hydrogens (tertiary/aromatic N) is 1.